The molecular weight excluding hydrogens is 344 g/mol. The van der Waals surface area contributed by atoms with E-state index in [1.54, 1.807) is 5.32 Å². The average Bonchev–Trinajstić information content (AvgIpc) is 2.53. The number of hydrogen-bond acceptors (Lipinski definition) is 9. The summed E-state index contributed by atoms with van der Waals surface area (Å²) >= 11 is 0.444. The number of nitrogens with zero attached hydrogens (tertiary/aromatic N) is 1. The Balaban J connectivity index is 3.00. The van der Waals surface area contributed by atoms with Crippen molar-refractivity contribution in [3.63, 3.8) is 0 Å². The van der Waals surface area contributed by atoms with E-state index < -0.39 is 28.3 Å². The smallest absolute Gasteiger partial charge is 0.413 e. The van der Waals surface area contributed by atoms with Crippen LogP contribution in [0.3, 0.4) is 0 Å². The van der Waals surface area contributed by atoms with Crippen LogP contribution < -0.4 is 5.32 Å². The van der Waals surface area contributed by atoms with Crippen molar-refractivity contribution in [2.45, 2.75) is 17.3 Å². The summed E-state index contributed by atoms with van der Waals surface area (Å²) in [5, 5.41) is 22.4. The van der Waals surface area contributed by atoms with Gasteiger partial charge in [-0.2, -0.15) is 0 Å². The summed E-state index contributed by atoms with van der Waals surface area (Å²) in [6.07, 6.45) is -1.05. The minimum atomic E-state index is -1.81. The highest BCUT2D eigenvalue weighted by atomic mass is 32.2. The number of aliphatic hydroxyl groups is 1. The van der Waals surface area contributed by atoms with Crippen LogP contribution in [0.4, 0.5) is 10.5 Å². The third-order valence-electron chi connectivity index (χ3n) is 2.54. The lowest BCUT2D eigenvalue weighted by Crippen LogP contribution is -2.37. The number of carbonyl (C=O) groups excluding carboxylic acids is 3. The molecule has 0 bridgehead atoms. The monoisotopic (exact) mass is 358 g/mol. The van der Waals surface area contributed by atoms with Gasteiger partial charge in [0.25, 0.3) is 11.6 Å². The van der Waals surface area contributed by atoms with Crippen molar-refractivity contribution in [2.24, 2.45) is 0 Å². The Hall–Kier alpha value is -2.66. The number of benzene rings is 1. The largest absolute Gasteiger partial charge is 0.465 e. The van der Waals surface area contributed by atoms with Gasteiger partial charge in [0.05, 0.1) is 24.2 Å². The number of esters is 1. The zero-order valence-electron chi connectivity index (χ0n) is 12.7. The fourth-order valence-electron chi connectivity index (χ4n) is 1.50. The van der Waals surface area contributed by atoms with Crippen molar-refractivity contribution in [1.29, 1.82) is 0 Å². The summed E-state index contributed by atoms with van der Waals surface area (Å²) in [5.41, 5.74) is -2.22. The van der Waals surface area contributed by atoms with E-state index in [0.717, 1.165) is 25.3 Å². The molecule has 0 radical (unpaired) electrons. The van der Waals surface area contributed by atoms with Crippen LogP contribution in [0, 0.1) is 10.1 Å². The standard InChI is InChI=1S/C13H14N2O8S/c1-3-23-13(19)14-10(16)12(18)24-9-6-7(15(20)21)4-5-8(9)11(17)22-2/h4-6,12,18H,3H2,1-2H3,(H,14,16,19). The molecule has 10 nitrogen and oxygen atoms in total. The van der Waals surface area contributed by atoms with E-state index in [-0.39, 0.29) is 22.8 Å². The highest BCUT2D eigenvalue weighted by molar-refractivity contribution is 8.00. The van der Waals surface area contributed by atoms with Crippen LogP contribution in [0.25, 0.3) is 0 Å². The second kappa shape index (κ2) is 8.84. The molecule has 0 aliphatic rings. The van der Waals surface area contributed by atoms with E-state index in [1.807, 2.05) is 0 Å². The second-order valence-electron chi connectivity index (χ2n) is 4.11. The third-order valence-corrected chi connectivity index (χ3v) is 3.57. The normalized spacial score (nSPS) is 11.3. The first-order valence-corrected chi connectivity index (χ1v) is 7.37. The first-order chi connectivity index (χ1) is 11.3. The lowest BCUT2D eigenvalue weighted by atomic mass is 10.2. The van der Waals surface area contributed by atoms with Gasteiger partial charge >= 0.3 is 12.1 Å². The molecule has 0 saturated heterocycles. The maximum absolute atomic E-state index is 11.7. The van der Waals surface area contributed by atoms with Crippen LogP contribution in [-0.2, 0) is 14.3 Å². The summed E-state index contributed by atoms with van der Waals surface area (Å²) in [6, 6.07) is 3.24. The van der Waals surface area contributed by atoms with E-state index in [0.29, 0.717) is 11.8 Å². The molecule has 0 saturated carbocycles. The molecule has 2 amide bonds. The van der Waals surface area contributed by atoms with E-state index >= 15 is 0 Å². The molecule has 130 valence electrons. The van der Waals surface area contributed by atoms with Gasteiger partial charge in [0.2, 0.25) is 0 Å². The lowest BCUT2D eigenvalue weighted by molar-refractivity contribution is -0.385. The Labute approximate surface area is 140 Å². The number of amides is 2. The van der Waals surface area contributed by atoms with E-state index in [4.69, 9.17) is 0 Å². The number of non-ortho nitro benzene ring substituents is 1. The van der Waals surface area contributed by atoms with Gasteiger partial charge in [-0.25, -0.2) is 9.59 Å². The van der Waals surface area contributed by atoms with Crippen LogP contribution in [0.1, 0.15) is 17.3 Å². The molecule has 1 aromatic carbocycles. The number of alkyl carbamates (subject to hydrolysis) is 1. The molecule has 1 unspecified atom stereocenters. The molecule has 2 N–H and O–H groups in total. The first kappa shape index (κ1) is 19.4. The van der Waals surface area contributed by atoms with Crippen molar-refractivity contribution in [2.75, 3.05) is 13.7 Å². The van der Waals surface area contributed by atoms with Crippen molar-refractivity contribution < 1.29 is 33.9 Å². The maximum atomic E-state index is 11.7. The number of carbonyl (C=O) groups is 3. The fourth-order valence-corrected chi connectivity index (χ4v) is 2.38. The predicted molar refractivity (Wildman–Crippen MR) is 81.5 cm³/mol. The Morgan fingerprint density at radius 2 is 2.08 bits per heavy atom. The molecule has 11 heteroatoms. The molecule has 0 spiro atoms. The second-order valence-corrected chi connectivity index (χ2v) is 5.23. The van der Waals surface area contributed by atoms with Gasteiger partial charge in [0, 0.05) is 17.0 Å². The Kier molecular flexibility index (Phi) is 7.14. The van der Waals surface area contributed by atoms with Gasteiger partial charge in [-0.3, -0.25) is 20.2 Å². The number of methoxy groups -OCH3 is 1. The number of nitro groups is 1. The molecule has 0 aromatic heterocycles. The van der Waals surface area contributed by atoms with Crippen LogP contribution in [0.2, 0.25) is 0 Å². The van der Waals surface area contributed by atoms with Gasteiger partial charge in [0.15, 0.2) is 5.44 Å². The summed E-state index contributed by atoms with van der Waals surface area (Å²) in [6.45, 7) is 1.56. The van der Waals surface area contributed by atoms with E-state index in [2.05, 4.69) is 9.47 Å². The van der Waals surface area contributed by atoms with Gasteiger partial charge in [-0.05, 0) is 13.0 Å². The maximum Gasteiger partial charge on any atom is 0.413 e. The zero-order valence-corrected chi connectivity index (χ0v) is 13.5. The molecule has 0 aliphatic carbocycles. The number of hydrogen-bond donors (Lipinski definition) is 2. The summed E-state index contributed by atoms with van der Waals surface area (Å²) in [7, 11) is 1.11. The Morgan fingerprint density at radius 1 is 1.42 bits per heavy atom. The molecule has 1 rings (SSSR count). The number of ether oxygens (including phenoxy) is 2. The number of aliphatic hydroxyl groups excluding tert-OH is 1. The zero-order chi connectivity index (χ0) is 18.3. The molecule has 0 aliphatic heterocycles. The predicted octanol–water partition coefficient (Wildman–Crippen LogP) is 1.06. The van der Waals surface area contributed by atoms with Crippen LogP contribution >= 0.6 is 11.8 Å². The Bertz CT molecular complexity index is 663. The van der Waals surface area contributed by atoms with E-state index in [9.17, 15) is 29.6 Å². The van der Waals surface area contributed by atoms with E-state index in [1.165, 1.54) is 6.92 Å². The minimum Gasteiger partial charge on any atom is -0.465 e. The van der Waals surface area contributed by atoms with Gasteiger partial charge in [0.1, 0.15) is 0 Å². The van der Waals surface area contributed by atoms with Crippen molar-refractivity contribution in [1.82, 2.24) is 5.32 Å². The summed E-state index contributed by atoms with van der Waals surface area (Å²) in [4.78, 5) is 44.5. The molecule has 1 atom stereocenters. The molecule has 0 fully saturated rings. The van der Waals surface area contributed by atoms with Crippen LogP contribution in [0.5, 0.6) is 0 Å². The van der Waals surface area contributed by atoms with Gasteiger partial charge in [-0.15, -0.1) is 0 Å². The van der Waals surface area contributed by atoms with Gasteiger partial charge < -0.3 is 14.6 Å². The lowest BCUT2D eigenvalue weighted by Gasteiger charge is -2.12. The molecule has 0 heterocycles. The molecular formula is C13H14N2O8S. The van der Waals surface area contributed by atoms with Crippen molar-refractivity contribution in [3.05, 3.63) is 33.9 Å². The minimum absolute atomic E-state index is 0.0275. The Morgan fingerprint density at radius 3 is 2.62 bits per heavy atom. The molecule has 1 aromatic rings. The van der Waals surface area contributed by atoms with Crippen molar-refractivity contribution >= 4 is 35.4 Å². The van der Waals surface area contributed by atoms with Crippen LogP contribution in [-0.4, -0.2) is 47.2 Å². The number of nitrogens with one attached hydrogen (secondary N) is 1. The number of nitro benzene ring substituents is 1. The molecule has 24 heavy (non-hydrogen) atoms. The first-order valence-electron chi connectivity index (χ1n) is 6.49. The number of thioether (sulfide) groups is 1. The third kappa shape index (κ3) is 5.21. The fraction of sp³-hybridized carbons (Fsp3) is 0.308. The van der Waals surface area contributed by atoms with Crippen LogP contribution in [0.15, 0.2) is 23.1 Å². The number of imide groups is 1. The number of rotatable bonds is 6. The topological polar surface area (TPSA) is 145 Å². The van der Waals surface area contributed by atoms with Crippen molar-refractivity contribution in [3.8, 4) is 0 Å². The summed E-state index contributed by atoms with van der Waals surface area (Å²) in [5.74, 6) is -1.90. The quantitative estimate of drug-likeness (QED) is 0.250. The highest BCUT2D eigenvalue weighted by Gasteiger charge is 2.24. The average molecular weight is 358 g/mol. The SMILES string of the molecule is CCOC(=O)NC(=O)C(O)Sc1cc([N+](=O)[O-])ccc1C(=O)OC. The highest BCUT2D eigenvalue weighted by Crippen LogP contribution is 2.30. The summed E-state index contributed by atoms with van der Waals surface area (Å²) < 4.78 is 9.03. The van der Waals surface area contributed by atoms with Gasteiger partial charge in [-0.1, -0.05) is 11.8 Å².